The van der Waals surface area contributed by atoms with Crippen LogP contribution in [0.2, 0.25) is 0 Å². The highest BCUT2D eigenvalue weighted by atomic mass is 16.5. The molecule has 25 heavy (non-hydrogen) atoms. The van der Waals surface area contributed by atoms with Gasteiger partial charge in [0.15, 0.2) is 0 Å². The van der Waals surface area contributed by atoms with E-state index < -0.39 is 0 Å². The van der Waals surface area contributed by atoms with E-state index in [2.05, 4.69) is 32.0 Å². The van der Waals surface area contributed by atoms with Crippen molar-refractivity contribution in [2.24, 2.45) is 0 Å². The number of hydrogen-bond acceptors (Lipinski definition) is 3. The number of piperidine rings is 1. The molecule has 2 aliphatic rings. The minimum absolute atomic E-state index is 0.00370. The van der Waals surface area contributed by atoms with Crippen molar-refractivity contribution in [3.05, 3.63) is 29.3 Å². The van der Waals surface area contributed by atoms with Gasteiger partial charge in [0.25, 0.3) is 0 Å². The summed E-state index contributed by atoms with van der Waals surface area (Å²) in [6.07, 6.45) is 3.54. The van der Waals surface area contributed by atoms with Crippen LogP contribution < -0.4 is 4.74 Å². The van der Waals surface area contributed by atoms with Gasteiger partial charge in [-0.2, -0.15) is 0 Å². The number of hydrogen-bond donors (Lipinski definition) is 0. The molecule has 0 aromatic heterocycles. The number of ether oxygens (including phenoxy) is 1. The van der Waals surface area contributed by atoms with E-state index in [9.17, 15) is 9.59 Å². The molecule has 5 nitrogen and oxygen atoms in total. The maximum absolute atomic E-state index is 12.8. The molecular formula is C20H28N2O3. The molecule has 136 valence electrons. The zero-order valence-electron chi connectivity index (χ0n) is 15.5. The summed E-state index contributed by atoms with van der Waals surface area (Å²) in [7, 11) is 0. The van der Waals surface area contributed by atoms with Crippen molar-refractivity contribution in [2.75, 3.05) is 19.6 Å². The van der Waals surface area contributed by atoms with Crippen LogP contribution in [0.3, 0.4) is 0 Å². The molecule has 5 heteroatoms. The molecule has 0 radical (unpaired) electrons. The number of aryl methyl sites for hydroxylation is 2. The molecule has 2 fully saturated rings. The summed E-state index contributed by atoms with van der Waals surface area (Å²) in [6.45, 7) is 7.79. The second-order valence-corrected chi connectivity index (χ2v) is 7.28. The Morgan fingerprint density at radius 1 is 1.08 bits per heavy atom. The van der Waals surface area contributed by atoms with Crippen molar-refractivity contribution in [1.82, 2.24) is 9.80 Å². The van der Waals surface area contributed by atoms with E-state index >= 15 is 0 Å². The van der Waals surface area contributed by atoms with E-state index in [0.29, 0.717) is 19.6 Å². The Hall–Kier alpha value is -2.04. The molecule has 2 aliphatic heterocycles. The Morgan fingerprint density at radius 3 is 2.48 bits per heavy atom. The van der Waals surface area contributed by atoms with Crippen molar-refractivity contribution in [3.63, 3.8) is 0 Å². The minimum atomic E-state index is -0.256. The summed E-state index contributed by atoms with van der Waals surface area (Å²) in [6, 6.07) is 6.00. The summed E-state index contributed by atoms with van der Waals surface area (Å²) in [5.41, 5.74) is 2.34. The smallest absolute Gasteiger partial charge is 0.245 e. The summed E-state index contributed by atoms with van der Waals surface area (Å²) >= 11 is 0. The topological polar surface area (TPSA) is 49.9 Å². The third kappa shape index (κ3) is 3.97. The Morgan fingerprint density at radius 2 is 1.80 bits per heavy atom. The molecule has 0 bridgehead atoms. The van der Waals surface area contributed by atoms with Crippen LogP contribution in [0, 0.1) is 13.8 Å². The largest absolute Gasteiger partial charge is 0.490 e. The van der Waals surface area contributed by atoms with Gasteiger partial charge in [-0.1, -0.05) is 12.1 Å². The SMILES string of the molecule is CC(=O)N1CCCC1C(=O)N1CCC(Oc2cc(C)ccc2C)CC1. The van der Waals surface area contributed by atoms with Gasteiger partial charge in [0.2, 0.25) is 11.8 Å². The van der Waals surface area contributed by atoms with Crippen LogP contribution in [0.15, 0.2) is 18.2 Å². The van der Waals surface area contributed by atoms with Crippen molar-refractivity contribution in [1.29, 1.82) is 0 Å². The minimum Gasteiger partial charge on any atom is -0.490 e. The first-order valence-corrected chi connectivity index (χ1v) is 9.25. The van der Waals surface area contributed by atoms with E-state index in [4.69, 9.17) is 4.74 Å². The summed E-state index contributed by atoms with van der Waals surface area (Å²) in [5.74, 6) is 1.06. The van der Waals surface area contributed by atoms with Gasteiger partial charge in [-0.25, -0.2) is 0 Å². The number of benzene rings is 1. The van der Waals surface area contributed by atoms with Gasteiger partial charge >= 0.3 is 0 Å². The van der Waals surface area contributed by atoms with E-state index in [1.54, 1.807) is 11.8 Å². The molecule has 2 amide bonds. The first-order valence-electron chi connectivity index (χ1n) is 9.25. The first-order chi connectivity index (χ1) is 12.0. The fourth-order valence-corrected chi connectivity index (χ4v) is 3.82. The molecule has 1 atom stereocenters. The lowest BCUT2D eigenvalue weighted by molar-refractivity contribution is -0.144. The Balaban J connectivity index is 1.55. The first kappa shape index (κ1) is 17.8. The molecule has 1 aromatic rings. The summed E-state index contributed by atoms with van der Waals surface area (Å²) < 4.78 is 6.18. The lowest BCUT2D eigenvalue weighted by Gasteiger charge is -2.35. The van der Waals surface area contributed by atoms with Crippen LogP contribution >= 0.6 is 0 Å². The molecule has 2 heterocycles. The molecule has 1 aromatic carbocycles. The van der Waals surface area contributed by atoms with E-state index in [1.165, 1.54) is 5.56 Å². The monoisotopic (exact) mass is 344 g/mol. The van der Waals surface area contributed by atoms with Gasteiger partial charge in [0.05, 0.1) is 0 Å². The highest BCUT2D eigenvalue weighted by Crippen LogP contribution is 2.25. The molecule has 2 saturated heterocycles. The Labute approximate surface area is 149 Å². The van der Waals surface area contributed by atoms with Crippen LogP contribution in [0.5, 0.6) is 5.75 Å². The number of likely N-dealkylation sites (tertiary alicyclic amines) is 2. The second-order valence-electron chi connectivity index (χ2n) is 7.28. The van der Waals surface area contributed by atoms with Gasteiger partial charge < -0.3 is 14.5 Å². The highest BCUT2D eigenvalue weighted by Gasteiger charge is 2.36. The van der Waals surface area contributed by atoms with Gasteiger partial charge in [0.1, 0.15) is 17.9 Å². The van der Waals surface area contributed by atoms with Crippen molar-refractivity contribution >= 4 is 11.8 Å². The molecule has 0 aliphatic carbocycles. The van der Waals surface area contributed by atoms with E-state index in [1.807, 2.05) is 4.90 Å². The Bertz CT molecular complexity index is 650. The maximum Gasteiger partial charge on any atom is 0.245 e. The number of nitrogens with zero attached hydrogens (tertiary/aromatic N) is 2. The second kappa shape index (κ2) is 7.46. The third-order valence-corrected chi connectivity index (χ3v) is 5.33. The zero-order valence-corrected chi connectivity index (χ0v) is 15.5. The molecule has 0 saturated carbocycles. The van der Waals surface area contributed by atoms with Crippen molar-refractivity contribution < 1.29 is 14.3 Å². The quantitative estimate of drug-likeness (QED) is 0.847. The number of carbonyl (C=O) groups is 2. The molecule has 3 rings (SSSR count). The van der Waals surface area contributed by atoms with Gasteiger partial charge in [-0.15, -0.1) is 0 Å². The normalized spacial score (nSPS) is 21.5. The van der Waals surface area contributed by atoms with E-state index in [0.717, 1.165) is 37.0 Å². The fraction of sp³-hybridized carbons (Fsp3) is 0.600. The van der Waals surface area contributed by atoms with Crippen LogP contribution in [0.1, 0.15) is 43.7 Å². The lowest BCUT2D eigenvalue weighted by Crippen LogP contribution is -2.50. The predicted molar refractivity (Wildman–Crippen MR) is 96.6 cm³/mol. The Kier molecular flexibility index (Phi) is 5.30. The van der Waals surface area contributed by atoms with Crippen molar-refractivity contribution in [3.8, 4) is 5.75 Å². The van der Waals surface area contributed by atoms with Crippen LogP contribution in [-0.2, 0) is 9.59 Å². The average molecular weight is 344 g/mol. The van der Waals surface area contributed by atoms with Gasteiger partial charge in [-0.3, -0.25) is 9.59 Å². The average Bonchev–Trinajstić information content (AvgIpc) is 3.08. The molecule has 1 unspecified atom stereocenters. The molecular weight excluding hydrogens is 316 g/mol. The number of rotatable bonds is 3. The predicted octanol–water partition coefficient (Wildman–Crippen LogP) is 2.68. The number of amides is 2. The summed E-state index contributed by atoms with van der Waals surface area (Å²) in [5, 5.41) is 0. The lowest BCUT2D eigenvalue weighted by atomic mass is 10.1. The third-order valence-electron chi connectivity index (χ3n) is 5.33. The zero-order chi connectivity index (χ0) is 18.0. The molecule has 0 spiro atoms. The van der Waals surface area contributed by atoms with Crippen LogP contribution in [0.4, 0.5) is 0 Å². The fourth-order valence-electron chi connectivity index (χ4n) is 3.82. The number of carbonyl (C=O) groups excluding carboxylic acids is 2. The summed E-state index contributed by atoms with van der Waals surface area (Å²) in [4.78, 5) is 28.1. The van der Waals surface area contributed by atoms with Crippen molar-refractivity contribution in [2.45, 2.75) is 58.6 Å². The van der Waals surface area contributed by atoms with Crippen LogP contribution in [-0.4, -0.2) is 53.4 Å². The van der Waals surface area contributed by atoms with Gasteiger partial charge in [0, 0.05) is 39.4 Å². The highest BCUT2D eigenvalue weighted by molar-refractivity contribution is 5.87. The van der Waals surface area contributed by atoms with Gasteiger partial charge in [-0.05, 0) is 43.9 Å². The van der Waals surface area contributed by atoms with E-state index in [-0.39, 0.29) is 24.0 Å². The van der Waals surface area contributed by atoms with Crippen LogP contribution in [0.25, 0.3) is 0 Å². The maximum atomic E-state index is 12.8. The standard InChI is InChI=1S/C20H28N2O3/c1-14-6-7-15(2)19(13-14)25-17-8-11-21(12-9-17)20(24)18-5-4-10-22(18)16(3)23/h6-7,13,17-18H,4-5,8-12H2,1-3H3. The molecule has 0 N–H and O–H groups in total.